The lowest BCUT2D eigenvalue weighted by Crippen LogP contribution is -2.41. The van der Waals surface area contributed by atoms with Gasteiger partial charge in [-0.3, -0.25) is 0 Å². The van der Waals surface area contributed by atoms with Crippen molar-refractivity contribution in [2.75, 3.05) is 14.1 Å². The van der Waals surface area contributed by atoms with Crippen molar-refractivity contribution in [1.29, 1.82) is 0 Å². The third kappa shape index (κ3) is 2.55. The van der Waals surface area contributed by atoms with Gasteiger partial charge in [0.2, 0.25) is 0 Å². The Morgan fingerprint density at radius 1 is 1.07 bits per heavy atom. The molecular formula is C11H22BNO2. The summed E-state index contributed by atoms with van der Waals surface area (Å²) in [6.45, 7) is 10.3. The molecule has 0 aromatic carbocycles. The molecule has 0 aliphatic carbocycles. The molecule has 0 saturated carbocycles. The molecule has 86 valence electrons. The molecule has 1 aliphatic heterocycles. The van der Waals surface area contributed by atoms with Crippen molar-refractivity contribution >= 4 is 7.12 Å². The minimum absolute atomic E-state index is 0.225. The second-order valence-electron chi connectivity index (χ2n) is 5.42. The molecule has 0 radical (unpaired) electrons. The Morgan fingerprint density at radius 3 is 1.80 bits per heavy atom. The van der Waals surface area contributed by atoms with Crippen LogP contribution >= 0.6 is 0 Å². The summed E-state index contributed by atoms with van der Waals surface area (Å²) in [4.78, 5) is 2.00. The normalized spacial score (nSPS) is 24.5. The number of hydrogen-bond donors (Lipinski definition) is 0. The van der Waals surface area contributed by atoms with Crippen molar-refractivity contribution < 1.29 is 9.31 Å². The first-order valence-corrected chi connectivity index (χ1v) is 5.36. The van der Waals surface area contributed by atoms with Crippen molar-refractivity contribution in [3.8, 4) is 0 Å². The molecule has 0 amide bonds. The predicted molar refractivity (Wildman–Crippen MR) is 63.5 cm³/mol. The highest BCUT2D eigenvalue weighted by Crippen LogP contribution is 2.38. The highest BCUT2D eigenvalue weighted by atomic mass is 16.7. The zero-order valence-corrected chi connectivity index (χ0v) is 10.9. The molecule has 3 nitrogen and oxygen atoms in total. The molecule has 1 fully saturated rings. The van der Waals surface area contributed by atoms with E-state index in [2.05, 4.69) is 27.7 Å². The zero-order chi connectivity index (χ0) is 11.9. The Kier molecular flexibility index (Phi) is 3.22. The molecule has 4 heteroatoms. The van der Waals surface area contributed by atoms with E-state index in [1.54, 1.807) is 0 Å². The fraction of sp³-hybridized carbons (Fsp3) is 0.818. The van der Waals surface area contributed by atoms with Crippen LogP contribution in [0, 0.1) is 0 Å². The first kappa shape index (κ1) is 12.6. The number of allylic oxidation sites excluding steroid dienone is 1. The van der Waals surface area contributed by atoms with Crippen LogP contribution in [0.5, 0.6) is 0 Å². The molecular weight excluding hydrogens is 189 g/mol. The average Bonchev–Trinajstić information content (AvgIpc) is 2.20. The average molecular weight is 211 g/mol. The van der Waals surface area contributed by atoms with E-state index in [-0.39, 0.29) is 18.3 Å². The van der Waals surface area contributed by atoms with Crippen molar-refractivity contribution in [3.63, 3.8) is 0 Å². The largest absolute Gasteiger partial charge is 0.491 e. The highest BCUT2D eigenvalue weighted by molar-refractivity contribution is 6.54. The molecule has 1 aliphatic rings. The standard InChI is InChI=1S/C11H22BNO2/c1-9(8-13(6)7)12-14-10(2,3)11(4,5)15-12/h8H,1-7H3/b9-8+. The van der Waals surface area contributed by atoms with Gasteiger partial charge in [-0.1, -0.05) is 0 Å². The van der Waals surface area contributed by atoms with Gasteiger partial charge in [0.05, 0.1) is 11.2 Å². The van der Waals surface area contributed by atoms with Gasteiger partial charge in [0.1, 0.15) is 0 Å². The maximum absolute atomic E-state index is 5.91. The first-order valence-electron chi connectivity index (χ1n) is 5.36. The van der Waals surface area contributed by atoms with E-state index in [9.17, 15) is 0 Å². The van der Waals surface area contributed by atoms with Gasteiger partial charge in [0, 0.05) is 14.1 Å². The molecule has 0 spiro atoms. The summed E-state index contributed by atoms with van der Waals surface area (Å²) in [6, 6.07) is 0. The van der Waals surface area contributed by atoms with Crippen LogP contribution in [0.1, 0.15) is 34.6 Å². The molecule has 0 N–H and O–H groups in total. The minimum Gasteiger partial charge on any atom is -0.400 e. The van der Waals surface area contributed by atoms with Crippen molar-refractivity contribution in [2.45, 2.75) is 45.8 Å². The maximum Gasteiger partial charge on any atom is 0.491 e. The lowest BCUT2D eigenvalue weighted by molar-refractivity contribution is 0.00578. The molecule has 1 rings (SSSR count). The van der Waals surface area contributed by atoms with Crippen LogP contribution in [-0.2, 0) is 9.31 Å². The van der Waals surface area contributed by atoms with Crippen LogP contribution in [0.3, 0.4) is 0 Å². The molecule has 0 aromatic heterocycles. The monoisotopic (exact) mass is 211 g/mol. The topological polar surface area (TPSA) is 21.7 Å². The number of nitrogens with zero attached hydrogens (tertiary/aromatic N) is 1. The van der Waals surface area contributed by atoms with Gasteiger partial charge in [-0.2, -0.15) is 0 Å². The Balaban J connectivity index is 2.79. The van der Waals surface area contributed by atoms with Gasteiger partial charge in [-0.05, 0) is 46.3 Å². The van der Waals surface area contributed by atoms with Crippen LogP contribution < -0.4 is 0 Å². The molecule has 15 heavy (non-hydrogen) atoms. The van der Waals surface area contributed by atoms with Crippen LogP contribution in [-0.4, -0.2) is 37.3 Å². The van der Waals surface area contributed by atoms with E-state index in [4.69, 9.17) is 9.31 Å². The van der Waals surface area contributed by atoms with Crippen LogP contribution in [0.4, 0.5) is 0 Å². The lowest BCUT2D eigenvalue weighted by Gasteiger charge is -2.32. The van der Waals surface area contributed by atoms with Crippen LogP contribution in [0.25, 0.3) is 0 Å². The lowest BCUT2D eigenvalue weighted by atomic mass is 9.80. The Labute approximate surface area is 93.6 Å². The fourth-order valence-electron chi connectivity index (χ4n) is 1.50. The molecule has 0 aromatic rings. The summed E-state index contributed by atoms with van der Waals surface area (Å²) in [5.74, 6) is 0. The second-order valence-corrected chi connectivity index (χ2v) is 5.42. The smallest absolute Gasteiger partial charge is 0.400 e. The van der Waals surface area contributed by atoms with Crippen LogP contribution in [0.15, 0.2) is 11.7 Å². The second kappa shape index (κ2) is 3.83. The van der Waals surface area contributed by atoms with Crippen molar-refractivity contribution in [3.05, 3.63) is 11.7 Å². The number of hydrogen-bond acceptors (Lipinski definition) is 3. The maximum atomic E-state index is 5.91. The van der Waals surface area contributed by atoms with Gasteiger partial charge in [-0.25, -0.2) is 0 Å². The molecule has 0 bridgehead atoms. The minimum atomic E-state index is -0.251. The summed E-state index contributed by atoms with van der Waals surface area (Å²) in [7, 11) is 3.76. The van der Waals surface area contributed by atoms with Gasteiger partial charge >= 0.3 is 7.12 Å². The summed E-state index contributed by atoms with van der Waals surface area (Å²) in [5.41, 5.74) is 0.594. The van der Waals surface area contributed by atoms with Crippen molar-refractivity contribution in [2.24, 2.45) is 0 Å². The summed E-state index contributed by atoms with van der Waals surface area (Å²) < 4.78 is 11.8. The van der Waals surface area contributed by atoms with E-state index < -0.39 is 0 Å². The third-order valence-electron chi connectivity index (χ3n) is 3.09. The van der Waals surface area contributed by atoms with Gasteiger partial charge in [0.15, 0.2) is 0 Å². The van der Waals surface area contributed by atoms with E-state index in [1.165, 1.54) is 0 Å². The Morgan fingerprint density at radius 2 is 1.47 bits per heavy atom. The third-order valence-corrected chi connectivity index (χ3v) is 3.09. The summed E-state index contributed by atoms with van der Waals surface area (Å²) in [5, 5.41) is 0. The Hall–Kier alpha value is -0.475. The number of rotatable bonds is 2. The molecule has 0 unspecified atom stereocenters. The van der Waals surface area contributed by atoms with E-state index in [1.807, 2.05) is 32.1 Å². The van der Waals surface area contributed by atoms with Gasteiger partial charge < -0.3 is 14.2 Å². The van der Waals surface area contributed by atoms with E-state index in [0.717, 1.165) is 5.47 Å². The quantitative estimate of drug-likeness (QED) is 0.652. The molecule has 0 atom stereocenters. The van der Waals surface area contributed by atoms with Crippen molar-refractivity contribution in [1.82, 2.24) is 4.90 Å². The van der Waals surface area contributed by atoms with Gasteiger partial charge in [-0.15, -0.1) is 0 Å². The summed E-state index contributed by atoms with van der Waals surface area (Å²) >= 11 is 0. The summed E-state index contributed by atoms with van der Waals surface area (Å²) in [6.07, 6.45) is 2.03. The van der Waals surface area contributed by atoms with E-state index >= 15 is 0 Å². The molecule has 1 saturated heterocycles. The fourth-order valence-corrected chi connectivity index (χ4v) is 1.50. The Bertz CT molecular complexity index is 256. The molecule has 1 heterocycles. The van der Waals surface area contributed by atoms with Crippen LogP contribution in [0.2, 0.25) is 0 Å². The highest BCUT2D eigenvalue weighted by Gasteiger charge is 2.51. The SMILES string of the molecule is C/C(=C\N(C)C)B1OC(C)(C)C(C)(C)O1. The van der Waals surface area contributed by atoms with E-state index in [0.29, 0.717) is 0 Å². The first-order chi connectivity index (χ1) is 6.66. The predicted octanol–water partition coefficient (Wildman–Crippen LogP) is 2.08. The van der Waals surface area contributed by atoms with Gasteiger partial charge in [0.25, 0.3) is 0 Å². The zero-order valence-electron chi connectivity index (χ0n) is 10.9.